The molecular weight excluding hydrogens is 366 g/mol. The molecular formula is C23H25N3O3. The molecule has 29 heavy (non-hydrogen) atoms. The van der Waals surface area contributed by atoms with E-state index in [0.717, 1.165) is 11.1 Å². The predicted octanol–water partition coefficient (Wildman–Crippen LogP) is 2.92. The lowest BCUT2D eigenvalue weighted by atomic mass is 9.88. The molecule has 2 heterocycles. The van der Waals surface area contributed by atoms with Crippen molar-refractivity contribution in [1.82, 2.24) is 15.2 Å². The summed E-state index contributed by atoms with van der Waals surface area (Å²) in [7, 11) is 0. The molecule has 0 bridgehead atoms. The lowest BCUT2D eigenvalue weighted by molar-refractivity contribution is -0.148. The summed E-state index contributed by atoms with van der Waals surface area (Å²) >= 11 is 0. The molecule has 1 aliphatic rings. The first-order valence-electron chi connectivity index (χ1n) is 9.87. The van der Waals surface area contributed by atoms with Crippen LogP contribution in [0.15, 0.2) is 60.9 Å². The van der Waals surface area contributed by atoms with Gasteiger partial charge in [-0.15, -0.1) is 0 Å². The molecule has 0 aliphatic carbocycles. The minimum Gasteiger partial charge on any atom is -0.353 e. The zero-order valence-electron chi connectivity index (χ0n) is 16.3. The monoisotopic (exact) mass is 391 g/mol. The SMILES string of the molecule is O=C(C=Cc1cccnc1)NCCCCN1C(=O)CC(c2ccccc2)CC1=O. The van der Waals surface area contributed by atoms with Gasteiger partial charge in [-0.05, 0) is 36.1 Å². The molecule has 0 atom stereocenters. The van der Waals surface area contributed by atoms with Crippen LogP contribution < -0.4 is 5.32 Å². The molecule has 2 aromatic rings. The van der Waals surface area contributed by atoms with Crippen LogP contribution in [0.5, 0.6) is 0 Å². The van der Waals surface area contributed by atoms with Crippen LogP contribution in [0, 0.1) is 0 Å². The van der Waals surface area contributed by atoms with Crippen molar-refractivity contribution in [2.24, 2.45) is 0 Å². The van der Waals surface area contributed by atoms with Crippen molar-refractivity contribution in [2.75, 3.05) is 13.1 Å². The molecule has 6 nitrogen and oxygen atoms in total. The highest BCUT2D eigenvalue weighted by atomic mass is 16.2. The fraction of sp³-hybridized carbons (Fsp3) is 0.304. The minimum atomic E-state index is -0.176. The summed E-state index contributed by atoms with van der Waals surface area (Å²) < 4.78 is 0. The number of amides is 3. The molecule has 0 radical (unpaired) electrons. The number of nitrogens with zero attached hydrogens (tertiary/aromatic N) is 2. The summed E-state index contributed by atoms with van der Waals surface area (Å²) in [6.07, 6.45) is 8.63. The summed E-state index contributed by atoms with van der Waals surface area (Å²) in [5.74, 6) is -0.430. The maximum Gasteiger partial charge on any atom is 0.243 e. The van der Waals surface area contributed by atoms with Gasteiger partial charge < -0.3 is 5.32 Å². The summed E-state index contributed by atoms with van der Waals surface area (Å²) in [4.78, 5) is 42.0. The van der Waals surface area contributed by atoms with Crippen LogP contribution in [0.4, 0.5) is 0 Å². The number of nitrogens with one attached hydrogen (secondary N) is 1. The van der Waals surface area contributed by atoms with Crippen LogP contribution in [0.3, 0.4) is 0 Å². The summed E-state index contributed by atoms with van der Waals surface area (Å²) in [5, 5.41) is 2.81. The molecule has 150 valence electrons. The van der Waals surface area contributed by atoms with E-state index in [1.807, 2.05) is 42.5 Å². The van der Waals surface area contributed by atoms with E-state index < -0.39 is 0 Å². The Balaban J connectivity index is 1.36. The van der Waals surface area contributed by atoms with Gasteiger partial charge in [-0.2, -0.15) is 0 Å². The zero-order valence-corrected chi connectivity index (χ0v) is 16.3. The number of carbonyl (C=O) groups excluding carboxylic acids is 3. The molecule has 6 heteroatoms. The number of hydrogen-bond acceptors (Lipinski definition) is 4. The fourth-order valence-electron chi connectivity index (χ4n) is 3.38. The van der Waals surface area contributed by atoms with Gasteiger partial charge in [0.25, 0.3) is 0 Å². The topological polar surface area (TPSA) is 79.4 Å². The second kappa shape index (κ2) is 10.3. The van der Waals surface area contributed by atoms with Crippen molar-refractivity contribution in [3.63, 3.8) is 0 Å². The molecule has 3 rings (SSSR count). The molecule has 1 N–H and O–H groups in total. The number of hydrogen-bond donors (Lipinski definition) is 1. The highest BCUT2D eigenvalue weighted by Crippen LogP contribution is 2.29. The number of imide groups is 1. The van der Waals surface area contributed by atoms with Gasteiger partial charge in [0.1, 0.15) is 0 Å². The number of rotatable bonds is 8. The van der Waals surface area contributed by atoms with Crippen LogP contribution in [-0.2, 0) is 14.4 Å². The van der Waals surface area contributed by atoms with Crippen molar-refractivity contribution in [2.45, 2.75) is 31.6 Å². The van der Waals surface area contributed by atoms with Gasteiger partial charge in [-0.1, -0.05) is 36.4 Å². The van der Waals surface area contributed by atoms with Crippen LogP contribution in [0.25, 0.3) is 6.08 Å². The largest absolute Gasteiger partial charge is 0.353 e. The van der Waals surface area contributed by atoms with Crippen LogP contribution >= 0.6 is 0 Å². The highest BCUT2D eigenvalue weighted by Gasteiger charge is 2.32. The molecule has 0 saturated carbocycles. The Morgan fingerprint density at radius 1 is 1.07 bits per heavy atom. The number of pyridine rings is 1. The molecule has 0 spiro atoms. The number of piperidine rings is 1. The third-order valence-electron chi connectivity index (χ3n) is 4.93. The van der Waals surface area contributed by atoms with Crippen LogP contribution in [-0.4, -0.2) is 40.7 Å². The normalized spacial score (nSPS) is 15.1. The number of likely N-dealkylation sites (tertiary alicyclic amines) is 1. The number of benzene rings is 1. The zero-order chi connectivity index (χ0) is 20.5. The van der Waals surface area contributed by atoms with E-state index >= 15 is 0 Å². The van der Waals surface area contributed by atoms with Gasteiger partial charge in [0, 0.05) is 50.3 Å². The smallest absolute Gasteiger partial charge is 0.243 e. The standard InChI is InChI=1S/C23H25N3O3/c27-21(11-10-18-7-6-12-24-17-18)25-13-4-5-14-26-22(28)15-20(16-23(26)29)19-8-2-1-3-9-19/h1-3,6-12,17,20H,4-5,13-16H2,(H,25,27). The second-order valence-electron chi connectivity index (χ2n) is 7.07. The summed E-state index contributed by atoms with van der Waals surface area (Å²) in [6.45, 7) is 0.902. The van der Waals surface area contributed by atoms with Gasteiger partial charge >= 0.3 is 0 Å². The maximum atomic E-state index is 12.4. The van der Waals surface area contributed by atoms with E-state index in [1.165, 1.54) is 11.0 Å². The molecule has 3 amide bonds. The molecule has 1 aliphatic heterocycles. The van der Waals surface area contributed by atoms with Gasteiger partial charge in [-0.3, -0.25) is 24.3 Å². The Kier molecular flexibility index (Phi) is 7.28. The van der Waals surface area contributed by atoms with E-state index in [-0.39, 0.29) is 23.6 Å². The molecule has 0 unspecified atom stereocenters. The molecule has 1 aromatic heterocycles. The van der Waals surface area contributed by atoms with Crippen LogP contribution in [0.2, 0.25) is 0 Å². The maximum absolute atomic E-state index is 12.4. The number of aromatic nitrogens is 1. The molecule has 1 aromatic carbocycles. The first-order chi connectivity index (χ1) is 14.1. The fourth-order valence-corrected chi connectivity index (χ4v) is 3.38. The van der Waals surface area contributed by atoms with Crippen molar-refractivity contribution >= 4 is 23.8 Å². The van der Waals surface area contributed by atoms with Gasteiger partial charge in [0.15, 0.2) is 0 Å². The van der Waals surface area contributed by atoms with Crippen LogP contribution in [0.1, 0.15) is 42.7 Å². The van der Waals surface area contributed by atoms with E-state index in [9.17, 15) is 14.4 Å². The first kappa shape index (κ1) is 20.5. The Hall–Kier alpha value is -3.28. The second-order valence-corrected chi connectivity index (χ2v) is 7.07. The van der Waals surface area contributed by atoms with E-state index in [2.05, 4.69) is 10.3 Å². The molecule has 1 fully saturated rings. The van der Waals surface area contributed by atoms with Crippen molar-refractivity contribution in [3.05, 3.63) is 72.1 Å². The lowest BCUT2D eigenvalue weighted by Crippen LogP contribution is -2.43. The Bertz CT molecular complexity index is 847. The quantitative estimate of drug-likeness (QED) is 0.426. The average molecular weight is 391 g/mol. The van der Waals surface area contributed by atoms with E-state index in [0.29, 0.717) is 38.8 Å². The number of carbonyl (C=O) groups is 3. The van der Waals surface area contributed by atoms with Gasteiger partial charge in [0.2, 0.25) is 17.7 Å². The third-order valence-corrected chi connectivity index (χ3v) is 4.93. The highest BCUT2D eigenvalue weighted by molar-refractivity contribution is 5.98. The third kappa shape index (κ3) is 6.10. The predicted molar refractivity (Wildman–Crippen MR) is 111 cm³/mol. The average Bonchev–Trinajstić information content (AvgIpc) is 2.75. The summed E-state index contributed by atoms with van der Waals surface area (Å²) in [6, 6.07) is 13.4. The first-order valence-corrected chi connectivity index (χ1v) is 9.87. The number of unbranched alkanes of at least 4 members (excludes halogenated alkanes) is 1. The molecule has 1 saturated heterocycles. The minimum absolute atomic E-state index is 0.0293. The Morgan fingerprint density at radius 2 is 1.83 bits per heavy atom. The lowest BCUT2D eigenvalue weighted by Gasteiger charge is -2.30. The van der Waals surface area contributed by atoms with E-state index in [4.69, 9.17) is 0 Å². The van der Waals surface area contributed by atoms with Crippen molar-refractivity contribution in [1.29, 1.82) is 0 Å². The van der Waals surface area contributed by atoms with Gasteiger partial charge in [-0.25, -0.2) is 0 Å². The van der Waals surface area contributed by atoms with E-state index in [1.54, 1.807) is 18.5 Å². The van der Waals surface area contributed by atoms with Gasteiger partial charge in [0.05, 0.1) is 0 Å². The summed E-state index contributed by atoms with van der Waals surface area (Å²) in [5.41, 5.74) is 1.90. The van der Waals surface area contributed by atoms with Crippen molar-refractivity contribution < 1.29 is 14.4 Å². The van der Waals surface area contributed by atoms with Crippen molar-refractivity contribution in [3.8, 4) is 0 Å². The Morgan fingerprint density at radius 3 is 2.52 bits per heavy atom. The Labute approximate surface area is 170 Å².